The minimum atomic E-state index is -1.43. The van der Waals surface area contributed by atoms with Crippen LogP contribution in [-0.2, 0) is 9.59 Å². The standard InChI is InChI=1S/C11H10BrNO3S/c1-6-5-17-8-4-2-3-7(12)9(8)13(6)10(14)11(15)16/h2-4,6H,5H2,1H3,(H,15,16). The number of carbonyl (C=O) groups is 2. The van der Waals surface area contributed by atoms with Crippen molar-refractivity contribution in [1.29, 1.82) is 0 Å². The highest BCUT2D eigenvalue weighted by Crippen LogP contribution is 2.42. The van der Waals surface area contributed by atoms with Crippen molar-refractivity contribution in [3.8, 4) is 0 Å². The van der Waals surface area contributed by atoms with Crippen LogP contribution >= 0.6 is 27.7 Å². The van der Waals surface area contributed by atoms with Crippen molar-refractivity contribution in [1.82, 2.24) is 0 Å². The van der Waals surface area contributed by atoms with Gasteiger partial charge in [-0.05, 0) is 35.0 Å². The Morgan fingerprint density at radius 1 is 1.53 bits per heavy atom. The molecule has 1 aromatic rings. The van der Waals surface area contributed by atoms with E-state index in [1.807, 2.05) is 19.1 Å². The molecule has 90 valence electrons. The van der Waals surface area contributed by atoms with E-state index in [9.17, 15) is 9.59 Å². The Bertz CT molecular complexity index is 492. The van der Waals surface area contributed by atoms with Crippen LogP contribution in [0.2, 0.25) is 0 Å². The van der Waals surface area contributed by atoms with E-state index in [0.29, 0.717) is 11.4 Å². The van der Waals surface area contributed by atoms with Crippen molar-refractivity contribution in [2.75, 3.05) is 10.7 Å². The molecule has 1 unspecified atom stereocenters. The number of hydrogen-bond acceptors (Lipinski definition) is 3. The molecule has 1 aliphatic heterocycles. The number of benzene rings is 1. The minimum absolute atomic E-state index is 0.130. The average Bonchev–Trinajstić information content (AvgIpc) is 2.29. The molecule has 0 aliphatic carbocycles. The van der Waals surface area contributed by atoms with Gasteiger partial charge in [-0.25, -0.2) is 4.79 Å². The lowest BCUT2D eigenvalue weighted by atomic mass is 10.2. The first-order valence-electron chi connectivity index (χ1n) is 5.00. The summed E-state index contributed by atoms with van der Waals surface area (Å²) in [4.78, 5) is 24.8. The van der Waals surface area contributed by atoms with Crippen LogP contribution in [0.1, 0.15) is 6.92 Å². The van der Waals surface area contributed by atoms with Crippen LogP contribution in [0.25, 0.3) is 0 Å². The summed E-state index contributed by atoms with van der Waals surface area (Å²) in [6.07, 6.45) is 0. The summed E-state index contributed by atoms with van der Waals surface area (Å²) in [6, 6.07) is 5.43. The molecule has 1 N–H and O–H groups in total. The lowest BCUT2D eigenvalue weighted by Crippen LogP contribution is -2.46. The Morgan fingerprint density at radius 2 is 2.24 bits per heavy atom. The molecule has 1 atom stereocenters. The third-order valence-corrected chi connectivity index (χ3v) is 4.44. The fourth-order valence-electron chi connectivity index (χ4n) is 1.76. The molecule has 1 aliphatic rings. The maximum atomic E-state index is 11.7. The maximum Gasteiger partial charge on any atom is 0.394 e. The SMILES string of the molecule is CC1CSc2cccc(Br)c2N1C(=O)C(=O)O. The molecule has 0 fully saturated rings. The molecule has 1 aromatic carbocycles. The molecule has 17 heavy (non-hydrogen) atoms. The quantitative estimate of drug-likeness (QED) is 0.747. The highest BCUT2D eigenvalue weighted by atomic mass is 79.9. The van der Waals surface area contributed by atoms with E-state index in [4.69, 9.17) is 5.11 Å². The van der Waals surface area contributed by atoms with E-state index in [1.54, 1.807) is 17.8 Å². The Hall–Kier alpha value is -1.01. The Labute approximate surface area is 111 Å². The number of carbonyl (C=O) groups excluding carboxylic acids is 1. The molecule has 1 amide bonds. The van der Waals surface area contributed by atoms with E-state index in [0.717, 1.165) is 9.37 Å². The van der Waals surface area contributed by atoms with Gasteiger partial charge in [0.2, 0.25) is 0 Å². The van der Waals surface area contributed by atoms with Gasteiger partial charge in [0.25, 0.3) is 0 Å². The second-order valence-electron chi connectivity index (χ2n) is 3.73. The zero-order valence-electron chi connectivity index (χ0n) is 9.01. The fourth-order valence-corrected chi connectivity index (χ4v) is 3.53. The number of thioether (sulfide) groups is 1. The normalized spacial score (nSPS) is 18.7. The van der Waals surface area contributed by atoms with Crippen LogP contribution in [-0.4, -0.2) is 28.8 Å². The number of fused-ring (bicyclic) bond motifs is 1. The second kappa shape index (κ2) is 4.70. The number of amides is 1. The van der Waals surface area contributed by atoms with Gasteiger partial charge in [0.1, 0.15) is 0 Å². The van der Waals surface area contributed by atoms with Crippen LogP contribution in [0.4, 0.5) is 5.69 Å². The number of nitrogens with zero attached hydrogens (tertiary/aromatic N) is 1. The van der Waals surface area contributed by atoms with Gasteiger partial charge >= 0.3 is 11.9 Å². The molecule has 0 aromatic heterocycles. The Kier molecular flexibility index (Phi) is 3.44. The summed E-state index contributed by atoms with van der Waals surface area (Å²) < 4.78 is 0.739. The lowest BCUT2D eigenvalue weighted by Gasteiger charge is -2.34. The van der Waals surface area contributed by atoms with E-state index in [2.05, 4.69) is 15.9 Å². The first kappa shape index (κ1) is 12.4. The number of anilines is 1. The molecule has 0 saturated heterocycles. The van der Waals surface area contributed by atoms with Crippen molar-refractivity contribution in [2.24, 2.45) is 0 Å². The van der Waals surface area contributed by atoms with Crippen LogP contribution in [0, 0.1) is 0 Å². The molecule has 0 bridgehead atoms. The molecule has 0 radical (unpaired) electrons. The van der Waals surface area contributed by atoms with Crippen LogP contribution in [0.15, 0.2) is 27.6 Å². The van der Waals surface area contributed by atoms with Gasteiger partial charge in [0, 0.05) is 21.2 Å². The fraction of sp³-hybridized carbons (Fsp3) is 0.273. The summed E-state index contributed by atoms with van der Waals surface area (Å²) >= 11 is 4.99. The maximum absolute atomic E-state index is 11.7. The molecule has 0 saturated carbocycles. The van der Waals surface area contributed by atoms with Crippen molar-refractivity contribution < 1.29 is 14.7 Å². The van der Waals surface area contributed by atoms with Crippen molar-refractivity contribution >= 4 is 45.3 Å². The van der Waals surface area contributed by atoms with Gasteiger partial charge in [-0.15, -0.1) is 11.8 Å². The summed E-state index contributed by atoms with van der Waals surface area (Å²) in [7, 11) is 0. The molecule has 4 nitrogen and oxygen atoms in total. The van der Waals surface area contributed by atoms with Gasteiger partial charge < -0.3 is 5.11 Å². The van der Waals surface area contributed by atoms with Crippen molar-refractivity contribution in [3.05, 3.63) is 22.7 Å². The highest BCUT2D eigenvalue weighted by molar-refractivity contribution is 9.10. The monoisotopic (exact) mass is 315 g/mol. The van der Waals surface area contributed by atoms with E-state index >= 15 is 0 Å². The molecule has 1 heterocycles. The summed E-state index contributed by atoms with van der Waals surface area (Å²) in [6.45, 7) is 1.84. The van der Waals surface area contributed by atoms with Crippen LogP contribution < -0.4 is 4.90 Å². The first-order valence-corrected chi connectivity index (χ1v) is 6.78. The minimum Gasteiger partial charge on any atom is -0.474 e. The van der Waals surface area contributed by atoms with Gasteiger partial charge in [-0.1, -0.05) is 6.07 Å². The molecular formula is C11H10BrNO3S. The smallest absolute Gasteiger partial charge is 0.394 e. The van der Waals surface area contributed by atoms with Crippen LogP contribution in [0.5, 0.6) is 0 Å². The zero-order chi connectivity index (χ0) is 12.6. The predicted octanol–water partition coefficient (Wildman–Crippen LogP) is 2.36. The highest BCUT2D eigenvalue weighted by Gasteiger charge is 2.33. The average molecular weight is 316 g/mol. The first-order chi connectivity index (χ1) is 8.02. The Balaban J connectivity index is 2.53. The topological polar surface area (TPSA) is 57.6 Å². The third kappa shape index (κ3) is 2.19. The van der Waals surface area contributed by atoms with Crippen molar-refractivity contribution in [2.45, 2.75) is 17.9 Å². The number of halogens is 1. The third-order valence-electron chi connectivity index (χ3n) is 2.51. The molecule has 6 heteroatoms. The molecular weight excluding hydrogens is 306 g/mol. The van der Waals surface area contributed by atoms with Gasteiger partial charge in [-0.2, -0.15) is 0 Å². The molecule has 2 rings (SSSR count). The number of carboxylic acids is 1. The number of para-hydroxylation sites is 1. The Morgan fingerprint density at radius 3 is 2.88 bits per heavy atom. The lowest BCUT2D eigenvalue weighted by molar-refractivity contribution is -0.149. The van der Waals surface area contributed by atoms with E-state index in [-0.39, 0.29) is 6.04 Å². The largest absolute Gasteiger partial charge is 0.474 e. The van der Waals surface area contributed by atoms with Crippen LogP contribution in [0.3, 0.4) is 0 Å². The molecule has 0 spiro atoms. The van der Waals surface area contributed by atoms with Gasteiger partial charge in [0.05, 0.1) is 5.69 Å². The van der Waals surface area contributed by atoms with Gasteiger partial charge in [-0.3, -0.25) is 9.69 Å². The van der Waals surface area contributed by atoms with E-state index < -0.39 is 11.9 Å². The number of aliphatic carboxylic acids is 1. The number of rotatable bonds is 0. The number of hydrogen-bond donors (Lipinski definition) is 1. The van der Waals surface area contributed by atoms with E-state index in [1.165, 1.54) is 4.90 Å². The van der Waals surface area contributed by atoms with Gasteiger partial charge in [0.15, 0.2) is 0 Å². The predicted molar refractivity (Wildman–Crippen MR) is 69.4 cm³/mol. The van der Waals surface area contributed by atoms with Crippen molar-refractivity contribution in [3.63, 3.8) is 0 Å². The number of carboxylic acid groups (broad SMARTS) is 1. The second-order valence-corrected chi connectivity index (χ2v) is 5.64. The zero-order valence-corrected chi connectivity index (χ0v) is 11.4. The summed E-state index contributed by atoms with van der Waals surface area (Å²) in [5.74, 6) is -1.61. The summed E-state index contributed by atoms with van der Waals surface area (Å²) in [5.41, 5.74) is 0.656. The summed E-state index contributed by atoms with van der Waals surface area (Å²) in [5, 5.41) is 8.86.